The summed E-state index contributed by atoms with van der Waals surface area (Å²) in [4.78, 5) is 9.28. The van der Waals surface area contributed by atoms with E-state index < -0.39 is 0 Å². The van der Waals surface area contributed by atoms with Gasteiger partial charge in [-0.15, -0.1) is 0 Å². The molecule has 0 amide bonds. The molecule has 0 radical (unpaired) electrons. The predicted octanol–water partition coefficient (Wildman–Crippen LogP) is 4.99. The Morgan fingerprint density at radius 2 is 1.76 bits per heavy atom. The van der Waals surface area contributed by atoms with Gasteiger partial charge in [-0.05, 0) is 36.6 Å². The maximum Gasteiger partial charge on any atom is 0.193 e. The van der Waals surface area contributed by atoms with Crippen LogP contribution in [-0.4, -0.2) is 55.5 Å². The van der Waals surface area contributed by atoms with Crippen molar-refractivity contribution in [2.45, 2.75) is 26.3 Å². The summed E-state index contributed by atoms with van der Waals surface area (Å²) in [6, 6.07) is 14.7. The van der Waals surface area contributed by atoms with Gasteiger partial charge >= 0.3 is 0 Å². The summed E-state index contributed by atoms with van der Waals surface area (Å²) in [6.07, 6.45) is 1.09. The first-order chi connectivity index (χ1) is 14.0. The van der Waals surface area contributed by atoms with Crippen LogP contribution in [0.5, 0.6) is 0 Å². The Morgan fingerprint density at radius 3 is 2.34 bits per heavy atom. The molecule has 1 heterocycles. The number of aliphatic imine (C=N–C) groups is 1. The largest absolute Gasteiger partial charge is 0.356 e. The van der Waals surface area contributed by atoms with Gasteiger partial charge < -0.3 is 10.2 Å². The molecule has 1 saturated heterocycles. The van der Waals surface area contributed by atoms with Crippen molar-refractivity contribution in [3.8, 4) is 0 Å². The minimum absolute atomic E-state index is 0.105. The molecule has 2 aromatic rings. The van der Waals surface area contributed by atoms with Crippen molar-refractivity contribution in [3.05, 3.63) is 69.2 Å². The number of nitrogens with one attached hydrogen (secondary N) is 1. The fourth-order valence-electron chi connectivity index (χ4n) is 3.82. The number of hydrogen-bond donors (Lipinski definition) is 1. The highest BCUT2D eigenvalue weighted by molar-refractivity contribution is 6.35. The van der Waals surface area contributed by atoms with E-state index in [1.807, 2.05) is 19.2 Å². The van der Waals surface area contributed by atoms with Crippen LogP contribution < -0.4 is 5.32 Å². The number of aryl methyl sites for hydroxylation is 1. The van der Waals surface area contributed by atoms with Gasteiger partial charge in [0, 0.05) is 49.8 Å². The number of guanidine groups is 1. The van der Waals surface area contributed by atoms with E-state index in [4.69, 9.17) is 23.2 Å². The van der Waals surface area contributed by atoms with Gasteiger partial charge in [0.1, 0.15) is 0 Å². The zero-order valence-electron chi connectivity index (χ0n) is 17.5. The minimum Gasteiger partial charge on any atom is -0.356 e. The summed E-state index contributed by atoms with van der Waals surface area (Å²) in [7, 11) is 1.85. The lowest BCUT2D eigenvalue weighted by Crippen LogP contribution is -2.53. The minimum atomic E-state index is 0.105. The van der Waals surface area contributed by atoms with Crippen molar-refractivity contribution < 1.29 is 0 Å². The lowest BCUT2D eigenvalue weighted by atomic mass is 9.95. The quantitative estimate of drug-likeness (QED) is 0.532. The van der Waals surface area contributed by atoms with Crippen molar-refractivity contribution in [1.82, 2.24) is 15.1 Å². The lowest BCUT2D eigenvalue weighted by Gasteiger charge is -2.41. The number of piperazine rings is 1. The molecule has 0 bridgehead atoms. The molecule has 1 aliphatic rings. The van der Waals surface area contributed by atoms with Crippen LogP contribution in [0.1, 0.15) is 36.1 Å². The monoisotopic (exact) mass is 432 g/mol. The summed E-state index contributed by atoms with van der Waals surface area (Å²) >= 11 is 12.8. The topological polar surface area (TPSA) is 30.9 Å². The third-order valence-electron chi connectivity index (χ3n) is 5.37. The molecule has 4 nitrogen and oxygen atoms in total. The smallest absolute Gasteiger partial charge is 0.193 e. The molecule has 0 aromatic heterocycles. The summed E-state index contributed by atoms with van der Waals surface area (Å²) in [5.74, 6) is 0.989. The second kappa shape index (κ2) is 10.3. The zero-order valence-corrected chi connectivity index (χ0v) is 19.0. The number of hydrogen-bond acceptors (Lipinski definition) is 2. The molecule has 0 aliphatic carbocycles. The van der Waals surface area contributed by atoms with Crippen LogP contribution >= 0.6 is 23.2 Å². The van der Waals surface area contributed by atoms with Crippen LogP contribution in [0, 0.1) is 6.92 Å². The van der Waals surface area contributed by atoms with Crippen LogP contribution in [0.15, 0.2) is 47.5 Å². The normalized spacial score (nSPS) is 16.7. The maximum atomic E-state index is 6.63. The number of benzene rings is 2. The van der Waals surface area contributed by atoms with E-state index in [0.29, 0.717) is 10.0 Å². The molecule has 1 atom stereocenters. The summed E-state index contributed by atoms with van der Waals surface area (Å²) in [6.45, 7) is 8.95. The van der Waals surface area contributed by atoms with E-state index >= 15 is 0 Å². The van der Waals surface area contributed by atoms with E-state index in [1.54, 1.807) is 0 Å². The number of halogens is 2. The van der Waals surface area contributed by atoms with Crippen LogP contribution in [0.4, 0.5) is 0 Å². The molecule has 6 heteroatoms. The van der Waals surface area contributed by atoms with Crippen LogP contribution in [-0.2, 0) is 0 Å². The average Bonchev–Trinajstić information content (AvgIpc) is 2.72. The van der Waals surface area contributed by atoms with Gasteiger partial charge in [0.05, 0.1) is 6.04 Å². The van der Waals surface area contributed by atoms with Crippen molar-refractivity contribution in [2.75, 3.05) is 39.8 Å². The fourth-order valence-corrected chi connectivity index (χ4v) is 4.33. The van der Waals surface area contributed by atoms with Gasteiger partial charge in [0.2, 0.25) is 0 Å². The zero-order chi connectivity index (χ0) is 20.8. The first kappa shape index (κ1) is 21.9. The third kappa shape index (κ3) is 5.44. The van der Waals surface area contributed by atoms with Gasteiger partial charge in [0.25, 0.3) is 0 Å². The molecule has 1 N–H and O–H groups in total. The third-order valence-corrected chi connectivity index (χ3v) is 5.94. The second-order valence-corrected chi connectivity index (χ2v) is 8.32. The van der Waals surface area contributed by atoms with Crippen molar-refractivity contribution in [1.29, 1.82) is 0 Å². The van der Waals surface area contributed by atoms with Crippen molar-refractivity contribution >= 4 is 29.2 Å². The first-order valence-corrected chi connectivity index (χ1v) is 11.0. The molecule has 156 valence electrons. The van der Waals surface area contributed by atoms with Gasteiger partial charge in [-0.1, -0.05) is 66.0 Å². The Balaban J connectivity index is 1.83. The van der Waals surface area contributed by atoms with E-state index in [1.165, 1.54) is 11.1 Å². The van der Waals surface area contributed by atoms with Gasteiger partial charge in [-0.2, -0.15) is 0 Å². The van der Waals surface area contributed by atoms with Gasteiger partial charge in [0.15, 0.2) is 5.96 Å². The van der Waals surface area contributed by atoms with E-state index in [9.17, 15) is 0 Å². The second-order valence-electron chi connectivity index (χ2n) is 7.48. The standard InChI is InChI=1S/C23H30Cl2N4/c1-4-11-27-23(26-3)29-14-12-28(13-15-29)22(18-7-5-17(2)6-8-18)20-10-9-19(24)16-21(20)25/h5-10,16,22H,4,11-15H2,1-3H3,(H,26,27). The maximum absolute atomic E-state index is 6.63. The van der Waals surface area contributed by atoms with E-state index in [-0.39, 0.29) is 6.04 Å². The van der Waals surface area contributed by atoms with Crippen molar-refractivity contribution in [3.63, 3.8) is 0 Å². The Bertz CT molecular complexity index is 827. The number of nitrogens with zero attached hydrogens (tertiary/aromatic N) is 3. The Morgan fingerprint density at radius 1 is 1.07 bits per heavy atom. The fraction of sp³-hybridized carbons (Fsp3) is 0.435. The van der Waals surface area contributed by atoms with Gasteiger partial charge in [-0.3, -0.25) is 9.89 Å². The average molecular weight is 433 g/mol. The highest BCUT2D eigenvalue weighted by atomic mass is 35.5. The highest BCUT2D eigenvalue weighted by Crippen LogP contribution is 2.35. The number of rotatable bonds is 5. The van der Waals surface area contributed by atoms with Crippen molar-refractivity contribution in [2.24, 2.45) is 4.99 Å². The molecular weight excluding hydrogens is 403 g/mol. The SMILES string of the molecule is CCCNC(=NC)N1CCN(C(c2ccc(C)cc2)c2ccc(Cl)cc2Cl)CC1. The lowest BCUT2D eigenvalue weighted by molar-refractivity contribution is 0.148. The summed E-state index contributed by atoms with van der Waals surface area (Å²) in [5.41, 5.74) is 3.61. The molecule has 29 heavy (non-hydrogen) atoms. The molecule has 2 aromatic carbocycles. The molecule has 1 aliphatic heterocycles. The molecule has 3 rings (SSSR count). The molecule has 1 unspecified atom stereocenters. The van der Waals surface area contributed by atoms with Crippen LogP contribution in [0.2, 0.25) is 10.0 Å². The van der Waals surface area contributed by atoms with Crippen LogP contribution in [0.3, 0.4) is 0 Å². The molecule has 0 spiro atoms. The first-order valence-electron chi connectivity index (χ1n) is 10.2. The molecule has 1 fully saturated rings. The predicted molar refractivity (Wildman–Crippen MR) is 124 cm³/mol. The van der Waals surface area contributed by atoms with E-state index in [0.717, 1.165) is 50.7 Å². The Kier molecular flexibility index (Phi) is 7.82. The van der Waals surface area contributed by atoms with Gasteiger partial charge in [-0.25, -0.2) is 0 Å². The summed E-state index contributed by atoms with van der Waals surface area (Å²) < 4.78 is 0. The highest BCUT2D eigenvalue weighted by Gasteiger charge is 2.28. The molecule has 0 saturated carbocycles. The van der Waals surface area contributed by atoms with Crippen LogP contribution in [0.25, 0.3) is 0 Å². The molecular formula is C23H30Cl2N4. The summed E-state index contributed by atoms with van der Waals surface area (Å²) in [5, 5.41) is 4.82. The Hall–Kier alpha value is -1.75. The van der Waals surface area contributed by atoms with E-state index in [2.05, 4.69) is 64.3 Å². The Labute approximate surface area is 184 Å².